The van der Waals surface area contributed by atoms with Crippen LogP contribution >= 0.6 is 23.2 Å². The molecule has 0 saturated carbocycles. The molecule has 2 heterocycles. The van der Waals surface area contributed by atoms with Gasteiger partial charge in [0.05, 0.1) is 6.04 Å². The van der Waals surface area contributed by atoms with Crippen LogP contribution in [-0.2, 0) is 0 Å². The zero-order valence-electron chi connectivity index (χ0n) is 15.6. The number of amides is 1. The Bertz CT molecular complexity index is 1080. The van der Waals surface area contributed by atoms with Gasteiger partial charge in [0, 0.05) is 34.3 Å². The zero-order chi connectivity index (χ0) is 20.7. The van der Waals surface area contributed by atoms with Crippen molar-refractivity contribution in [2.24, 2.45) is 0 Å². The number of carbonyl (C=O) groups is 1. The van der Waals surface area contributed by atoms with Gasteiger partial charge in [-0.3, -0.25) is 9.89 Å². The highest BCUT2D eigenvalue weighted by Gasteiger charge is 2.42. The normalized spacial score (nSPS) is 15.8. The van der Waals surface area contributed by atoms with Crippen LogP contribution in [0, 0.1) is 6.92 Å². The molecule has 8 heteroatoms. The minimum Gasteiger partial charge on any atom is -0.507 e. The molecule has 1 unspecified atom stereocenters. The second-order valence-corrected chi connectivity index (χ2v) is 7.85. The van der Waals surface area contributed by atoms with E-state index in [1.54, 1.807) is 36.1 Å². The van der Waals surface area contributed by atoms with Gasteiger partial charge in [0.2, 0.25) is 0 Å². The van der Waals surface area contributed by atoms with Crippen LogP contribution in [0.15, 0.2) is 36.4 Å². The lowest BCUT2D eigenvalue weighted by molar-refractivity contribution is 0.0732. The Balaban J connectivity index is 1.89. The first-order valence-electron chi connectivity index (χ1n) is 9.17. The lowest BCUT2D eigenvalue weighted by atomic mass is 9.95. The van der Waals surface area contributed by atoms with Crippen LogP contribution < -0.4 is 0 Å². The number of fused-ring (bicyclic) bond motifs is 1. The molecule has 0 fully saturated rings. The predicted octanol–water partition coefficient (Wildman–Crippen LogP) is 4.33. The maximum Gasteiger partial charge on any atom is 0.273 e. The van der Waals surface area contributed by atoms with E-state index in [2.05, 4.69) is 10.2 Å². The maximum absolute atomic E-state index is 13.1. The molecule has 0 spiro atoms. The standard InChI is InChI=1S/C21H19Cl2N3O3/c1-11-9-16(28)14(10-15(11)23)18-17-19(25-24-18)21(29)26(7-2-8-27)20(17)12-3-5-13(22)6-4-12/h3-6,9-10,20,27-28H,2,7-8H2,1H3,(H,24,25). The Morgan fingerprint density at radius 3 is 2.62 bits per heavy atom. The van der Waals surface area contributed by atoms with E-state index in [0.717, 1.165) is 11.1 Å². The summed E-state index contributed by atoms with van der Waals surface area (Å²) in [5.74, 6) is -0.165. The summed E-state index contributed by atoms with van der Waals surface area (Å²) in [6.45, 7) is 2.16. The van der Waals surface area contributed by atoms with Crippen molar-refractivity contribution in [1.29, 1.82) is 0 Å². The maximum atomic E-state index is 13.1. The number of aliphatic hydroxyl groups is 1. The van der Waals surface area contributed by atoms with Gasteiger partial charge in [0.1, 0.15) is 17.1 Å². The number of carbonyl (C=O) groups excluding carboxylic acids is 1. The van der Waals surface area contributed by atoms with Crippen molar-refractivity contribution >= 4 is 29.1 Å². The fourth-order valence-corrected chi connectivity index (χ4v) is 4.01. The first-order valence-corrected chi connectivity index (χ1v) is 9.93. The van der Waals surface area contributed by atoms with Crippen LogP contribution in [0.1, 0.15) is 39.6 Å². The van der Waals surface area contributed by atoms with Crippen molar-refractivity contribution in [1.82, 2.24) is 15.1 Å². The number of aromatic nitrogens is 2. The Morgan fingerprint density at radius 2 is 1.93 bits per heavy atom. The minimum atomic E-state index is -0.422. The molecule has 150 valence electrons. The summed E-state index contributed by atoms with van der Waals surface area (Å²) in [6, 6.07) is 10.1. The van der Waals surface area contributed by atoms with Crippen LogP contribution in [0.2, 0.25) is 10.0 Å². The highest BCUT2D eigenvalue weighted by atomic mass is 35.5. The molecule has 0 aliphatic carbocycles. The highest BCUT2D eigenvalue weighted by Crippen LogP contribution is 2.45. The molecule has 6 nitrogen and oxygen atoms in total. The van der Waals surface area contributed by atoms with Crippen molar-refractivity contribution in [2.45, 2.75) is 19.4 Å². The molecule has 2 aromatic carbocycles. The van der Waals surface area contributed by atoms with Gasteiger partial charge in [-0.25, -0.2) is 0 Å². The second-order valence-electron chi connectivity index (χ2n) is 7.01. The number of phenolic OH excluding ortho intramolecular Hbond substituents is 1. The number of phenols is 1. The molecule has 4 rings (SSSR count). The van der Waals surface area contributed by atoms with Crippen LogP contribution in [0.5, 0.6) is 5.75 Å². The van der Waals surface area contributed by atoms with Gasteiger partial charge in [0.15, 0.2) is 0 Å². The van der Waals surface area contributed by atoms with Crippen molar-refractivity contribution < 1.29 is 15.0 Å². The molecule has 0 saturated heterocycles. The molecule has 0 radical (unpaired) electrons. The van der Waals surface area contributed by atoms with Crippen molar-refractivity contribution in [3.63, 3.8) is 0 Å². The Labute approximate surface area is 177 Å². The predicted molar refractivity (Wildman–Crippen MR) is 111 cm³/mol. The number of halogens is 2. The van der Waals surface area contributed by atoms with E-state index < -0.39 is 6.04 Å². The first-order chi connectivity index (χ1) is 13.9. The van der Waals surface area contributed by atoms with E-state index in [0.29, 0.717) is 45.5 Å². The van der Waals surface area contributed by atoms with E-state index in [1.807, 2.05) is 12.1 Å². The van der Waals surface area contributed by atoms with Gasteiger partial charge < -0.3 is 15.1 Å². The van der Waals surface area contributed by atoms with E-state index in [9.17, 15) is 15.0 Å². The average Bonchev–Trinajstić information content (AvgIpc) is 3.23. The number of aliphatic hydroxyl groups excluding tert-OH is 1. The summed E-state index contributed by atoms with van der Waals surface area (Å²) >= 11 is 12.3. The van der Waals surface area contributed by atoms with E-state index in [-0.39, 0.29) is 18.3 Å². The Kier molecular flexibility index (Phi) is 5.25. The minimum absolute atomic E-state index is 0.0233. The van der Waals surface area contributed by atoms with E-state index >= 15 is 0 Å². The molecule has 0 bridgehead atoms. The fourth-order valence-electron chi connectivity index (χ4n) is 3.72. The molecule has 29 heavy (non-hydrogen) atoms. The summed E-state index contributed by atoms with van der Waals surface area (Å²) in [4.78, 5) is 14.8. The number of aryl methyl sites for hydroxylation is 1. The van der Waals surface area contributed by atoms with Gasteiger partial charge in [-0.15, -0.1) is 0 Å². The number of nitrogens with one attached hydrogen (secondary N) is 1. The second kappa shape index (κ2) is 7.71. The summed E-state index contributed by atoms with van der Waals surface area (Å²) in [5, 5.41) is 28.1. The number of aromatic hydroxyl groups is 1. The SMILES string of the molecule is Cc1cc(O)c(-c2n[nH]c3c2C(c2ccc(Cl)cc2)N(CCCO)C3=O)cc1Cl. The quantitative estimate of drug-likeness (QED) is 0.560. The largest absolute Gasteiger partial charge is 0.507 e. The Hall–Kier alpha value is -2.54. The molecule has 1 atom stereocenters. The average molecular weight is 432 g/mol. The molecular formula is C21H19Cl2N3O3. The van der Waals surface area contributed by atoms with Gasteiger partial charge in [-0.1, -0.05) is 35.3 Å². The molecule has 1 amide bonds. The Morgan fingerprint density at radius 1 is 1.21 bits per heavy atom. The summed E-state index contributed by atoms with van der Waals surface area (Å²) < 4.78 is 0. The van der Waals surface area contributed by atoms with Crippen molar-refractivity contribution in [3.8, 4) is 17.0 Å². The smallest absolute Gasteiger partial charge is 0.273 e. The monoisotopic (exact) mass is 431 g/mol. The van der Waals surface area contributed by atoms with Crippen LogP contribution in [-0.4, -0.2) is 44.4 Å². The van der Waals surface area contributed by atoms with Crippen LogP contribution in [0.3, 0.4) is 0 Å². The number of nitrogens with zero attached hydrogens (tertiary/aromatic N) is 2. The molecule has 3 N–H and O–H groups in total. The number of H-pyrrole nitrogens is 1. The molecule has 1 aromatic heterocycles. The zero-order valence-corrected chi connectivity index (χ0v) is 17.1. The highest BCUT2D eigenvalue weighted by molar-refractivity contribution is 6.31. The van der Waals surface area contributed by atoms with Gasteiger partial charge in [-0.2, -0.15) is 5.10 Å². The molecule has 1 aliphatic rings. The first kappa shape index (κ1) is 19.8. The number of aromatic amines is 1. The fraction of sp³-hybridized carbons (Fsp3) is 0.238. The third-order valence-electron chi connectivity index (χ3n) is 5.14. The number of benzene rings is 2. The van der Waals surface area contributed by atoms with Crippen LogP contribution in [0.25, 0.3) is 11.3 Å². The van der Waals surface area contributed by atoms with Gasteiger partial charge in [-0.05, 0) is 48.7 Å². The van der Waals surface area contributed by atoms with Crippen molar-refractivity contribution in [2.75, 3.05) is 13.2 Å². The topological polar surface area (TPSA) is 89.5 Å². The summed E-state index contributed by atoms with van der Waals surface area (Å²) in [7, 11) is 0. The number of hydrogen-bond donors (Lipinski definition) is 3. The lowest BCUT2D eigenvalue weighted by Crippen LogP contribution is -2.31. The number of hydrogen-bond acceptors (Lipinski definition) is 4. The van der Waals surface area contributed by atoms with E-state index in [1.165, 1.54) is 0 Å². The lowest BCUT2D eigenvalue weighted by Gasteiger charge is -2.26. The third-order valence-corrected chi connectivity index (χ3v) is 5.80. The van der Waals surface area contributed by atoms with E-state index in [4.69, 9.17) is 23.2 Å². The van der Waals surface area contributed by atoms with Gasteiger partial charge >= 0.3 is 0 Å². The van der Waals surface area contributed by atoms with Crippen molar-refractivity contribution in [3.05, 3.63) is 68.8 Å². The van der Waals surface area contributed by atoms with Gasteiger partial charge in [0.25, 0.3) is 5.91 Å². The third kappa shape index (κ3) is 3.37. The molecule has 1 aliphatic heterocycles. The summed E-state index contributed by atoms with van der Waals surface area (Å²) in [6.07, 6.45) is 0.449. The molecule has 3 aromatic rings. The van der Waals surface area contributed by atoms with Crippen LogP contribution in [0.4, 0.5) is 0 Å². The summed E-state index contributed by atoms with van der Waals surface area (Å²) in [5.41, 5.74) is 3.57. The number of rotatable bonds is 5. The molecular weight excluding hydrogens is 413 g/mol.